The van der Waals surface area contributed by atoms with Crippen molar-refractivity contribution >= 4 is 29.2 Å². The van der Waals surface area contributed by atoms with Crippen LogP contribution in [0.5, 0.6) is 0 Å². The monoisotopic (exact) mass is 425 g/mol. The lowest BCUT2D eigenvalue weighted by atomic mass is 10.1. The molecule has 4 aromatic rings. The second-order valence-corrected chi connectivity index (χ2v) is 7.97. The molecule has 0 aliphatic heterocycles. The zero-order valence-electron chi connectivity index (χ0n) is 16.9. The number of rotatable bonds is 9. The van der Waals surface area contributed by atoms with E-state index in [0.717, 1.165) is 35.6 Å². The summed E-state index contributed by atoms with van der Waals surface area (Å²) in [6.45, 7) is 2.75. The maximum atomic E-state index is 13.5. The van der Waals surface area contributed by atoms with Crippen molar-refractivity contribution in [2.24, 2.45) is 0 Å². The molecule has 9 heteroatoms. The van der Waals surface area contributed by atoms with Gasteiger partial charge >= 0.3 is 0 Å². The molecule has 1 aromatic carbocycles. The van der Waals surface area contributed by atoms with E-state index in [2.05, 4.69) is 27.1 Å². The molecule has 0 saturated heterocycles. The molecule has 4 rings (SSSR count). The van der Waals surface area contributed by atoms with Crippen LogP contribution in [0.1, 0.15) is 29.5 Å². The van der Waals surface area contributed by atoms with Crippen molar-refractivity contribution in [3.63, 3.8) is 0 Å². The normalized spacial score (nSPS) is 12.4. The first kappa shape index (κ1) is 20.4. The maximum absolute atomic E-state index is 13.5. The number of hydrogen-bond donors (Lipinski definition) is 3. The van der Waals surface area contributed by atoms with Gasteiger partial charge in [-0.2, -0.15) is 21.8 Å². The first-order valence-electron chi connectivity index (χ1n) is 9.76. The summed E-state index contributed by atoms with van der Waals surface area (Å²) in [5, 5.41) is 14.0. The van der Waals surface area contributed by atoms with Gasteiger partial charge < -0.3 is 10.6 Å². The summed E-state index contributed by atoms with van der Waals surface area (Å²) in [4.78, 5) is 9.56. The summed E-state index contributed by atoms with van der Waals surface area (Å²) < 4.78 is 15.4. The average Bonchev–Trinajstić information content (AvgIpc) is 3.38. The van der Waals surface area contributed by atoms with E-state index in [4.69, 9.17) is 9.97 Å². The number of H-pyrrole nitrogens is 1. The summed E-state index contributed by atoms with van der Waals surface area (Å²) in [7, 11) is 0. The fraction of sp³-hybridized carbons (Fsp3) is 0.286. The molecular formula is C21H24FN7S. The van der Waals surface area contributed by atoms with Gasteiger partial charge in [0.05, 0.1) is 6.04 Å². The molecule has 156 valence electrons. The van der Waals surface area contributed by atoms with Gasteiger partial charge in [0.1, 0.15) is 11.5 Å². The molecule has 3 aromatic heterocycles. The van der Waals surface area contributed by atoms with E-state index < -0.39 is 0 Å². The lowest BCUT2D eigenvalue weighted by Crippen LogP contribution is -2.26. The number of aryl methyl sites for hydroxylation is 1. The number of fused-ring (bicyclic) bond motifs is 1. The molecular weight excluding hydrogens is 401 g/mol. The van der Waals surface area contributed by atoms with Gasteiger partial charge in [0, 0.05) is 18.0 Å². The SMILES string of the molecule is CSCCCNC(c1ccc(F)cc1)c1nc(Nc2cc(C)[nH]n2)n2cccc2n1. The zero-order chi connectivity index (χ0) is 20.9. The van der Waals surface area contributed by atoms with Crippen molar-refractivity contribution in [3.8, 4) is 0 Å². The summed E-state index contributed by atoms with van der Waals surface area (Å²) >= 11 is 1.81. The molecule has 0 amide bonds. The number of aromatic amines is 1. The highest BCUT2D eigenvalue weighted by Gasteiger charge is 2.19. The highest BCUT2D eigenvalue weighted by atomic mass is 32.2. The third kappa shape index (κ3) is 4.63. The Hall–Kier alpha value is -2.91. The third-order valence-electron chi connectivity index (χ3n) is 4.69. The van der Waals surface area contributed by atoms with Crippen LogP contribution in [0.2, 0.25) is 0 Å². The Labute approximate surface area is 178 Å². The maximum Gasteiger partial charge on any atom is 0.216 e. The molecule has 0 saturated carbocycles. The second-order valence-electron chi connectivity index (χ2n) is 6.99. The largest absolute Gasteiger partial charge is 0.308 e. The Kier molecular flexibility index (Phi) is 6.29. The van der Waals surface area contributed by atoms with Crippen LogP contribution >= 0.6 is 11.8 Å². The van der Waals surface area contributed by atoms with Gasteiger partial charge in [-0.15, -0.1) is 0 Å². The molecule has 0 aliphatic rings. The van der Waals surface area contributed by atoms with Gasteiger partial charge in [0.25, 0.3) is 0 Å². The number of anilines is 2. The minimum absolute atomic E-state index is 0.256. The van der Waals surface area contributed by atoms with Crippen molar-refractivity contribution in [2.75, 3.05) is 23.9 Å². The highest BCUT2D eigenvalue weighted by molar-refractivity contribution is 7.98. The van der Waals surface area contributed by atoms with E-state index in [1.165, 1.54) is 12.1 Å². The quantitative estimate of drug-likeness (QED) is 0.351. The second kappa shape index (κ2) is 9.27. The van der Waals surface area contributed by atoms with E-state index in [-0.39, 0.29) is 11.9 Å². The van der Waals surface area contributed by atoms with E-state index in [1.54, 1.807) is 12.1 Å². The van der Waals surface area contributed by atoms with Gasteiger partial charge in [-0.25, -0.2) is 9.37 Å². The predicted molar refractivity (Wildman–Crippen MR) is 119 cm³/mol. The summed E-state index contributed by atoms with van der Waals surface area (Å²) in [5.74, 6) is 2.71. The van der Waals surface area contributed by atoms with Crippen LogP contribution in [0, 0.1) is 12.7 Å². The average molecular weight is 426 g/mol. The summed E-state index contributed by atoms with van der Waals surface area (Å²) in [5.41, 5.74) is 2.64. The molecule has 0 aliphatic carbocycles. The molecule has 0 radical (unpaired) electrons. The van der Waals surface area contributed by atoms with Crippen molar-refractivity contribution in [1.82, 2.24) is 29.9 Å². The van der Waals surface area contributed by atoms with Crippen molar-refractivity contribution < 1.29 is 4.39 Å². The van der Waals surface area contributed by atoms with Crippen LogP contribution in [0.15, 0.2) is 48.7 Å². The van der Waals surface area contributed by atoms with Crippen LogP contribution in [-0.2, 0) is 0 Å². The van der Waals surface area contributed by atoms with Crippen LogP contribution in [0.25, 0.3) is 5.65 Å². The molecule has 1 unspecified atom stereocenters. The number of halogens is 1. The Bertz CT molecular complexity index is 1110. The molecule has 0 spiro atoms. The smallest absolute Gasteiger partial charge is 0.216 e. The molecule has 1 atom stereocenters. The lowest BCUT2D eigenvalue weighted by Gasteiger charge is -2.19. The standard InChI is InChI=1S/C21H24FN7S/c1-14-13-17(28-27-14)24-21-26-20(25-18-5-3-11-29(18)21)19(23-10-4-12-30-2)15-6-8-16(22)9-7-15/h3,5-9,11,13,19,23H,4,10,12H2,1-2H3,(H2,24,25,26,27,28). The first-order chi connectivity index (χ1) is 14.6. The zero-order valence-corrected chi connectivity index (χ0v) is 17.7. The Morgan fingerprint density at radius 3 is 2.77 bits per heavy atom. The number of benzene rings is 1. The number of nitrogens with one attached hydrogen (secondary N) is 3. The van der Waals surface area contributed by atoms with Crippen LogP contribution < -0.4 is 10.6 Å². The molecule has 3 heterocycles. The van der Waals surface area contributed by atoms with Gasteiger partial charge in [0.15, 0.2) is 11.6 Å². The van der Waals surface area contributed by atoms with E-state index >= 15 is 0 Å². The number of aromatic nitrogens is 5. The minimum Gasteiger partial charge on any atom is -0.308 e. The highest BCUT2D eigenvalue weighted by Crippen LogP contribution is 2.23. The predicted octanol–water partition coefficient (Wildman–Crippen LogP) is 4.08. The van der Waals surface area contributed by atoms with Crippen molar-refractivity contribution in [2.45, 2.75) is 19.4 Å². The molecule has 30 heavy (non-hydrogen) atoms. The number of thioether (sulfide) groups is 1. The van der Waals surface area contributed by atoms with Gasteiger partial charge in [-0.05, 0) is 61.7 Å². The minimum atomic E-state index is -0.265. The van der Waals surface area contributed by atoms with E-state index in [9.17, 15) is 4.39 Å². The fourth-order valence-corrected chi connectivity index (χ4v) is 3.67. The topological polar surface area (TPSA) is 82.9 Å². The summed E-state index contributed by atoms with van der Waals surface area (Å²) in [6, 6.07) is 12.0. The van der Waals surface area contributed by atoms with Gasteiger partial charge in [-0.3, -0.25) is 9.50 Å². The van der Waals surface area contributed by atoms with E-state index in [0.29, 0.717) is 17.6 Å². The molecule has 7 nitrogen and oxygen atoms in total. The van der Waals surface area contributed by atoms with Gasteiger partial charge in [-0.1, -0.05) is 12.1 Å². The fourth-order valence-electron chi connectivity index (χ4n) is 3.24. The van der Waals surface area contributed by atoms with E-state index in [1.807, 2.05) is 47.5 Å². The Balaban J connectivity index is 1.71. The lowest BCUT2D eigenvalue weighted by molar-refractivity contribution is 0.570. The van der Waals surface area contributed by atoms with Crippen LogP contribution in [0.3, 0.4) is 0 Å². The van der Waals surface area contributed by atoms with Crippen molar-refractivity contribution in [1.29, 1.82) is 0 Å². The number of nitrogens with zero attached hydrogens (tertiary/aromatic N) is 4. The van der Waals surface area contributed by atoms with Crippen LogP contribution in [-0.4, -0.2) is 43.1 Å². The Morgan fingerprint density at radius 1 is 1.20 bits per heavy atom. The Morgan fingerprint density at radius 2 is 2.03 bits per heavy atom. The van der Waals surface area contributed by atoms with Crippen LogP contribution in [0.4, 0.5) is 16.2 Å². The molecule has 0 bridgehead atoms. The van der Waals surface area contributed by atoms with Crippen molar-refractivity contribution in [3.05, 3.63) is 71.6 Å². The van der Waals surface area contributed by atoms with Gasteiger partial charge in [0.2, 0.25) is 5.95 Å². The molecule has 0 fully saturated rings. The molecule has 3 N–H and O–H groups in total. The third-order valence-corrected chi connectivity index (χ3v) is 5.38. The number of hydrogen-bond acceptors (Lipinski definition) is 6. The first-order valence-corrected chi connectivity index (χ1v) is 11.2. The summed E-state index contributed by atoms with van der Waals surface area (Å²) in [6.07, 6.45) is 5.01.